The minimum Gasteiger partial charge on any atom is -0.312 e. The second kappa shape index (κ2) is 7.47. The molecule has 0 spiro atoms. The molecule has 0 amide bonds. The molecule has 0 fully saturated rings. The third kappa shape index (κ3) is 4.34. The second-order valence-electron chi connectivity index (χ2n) is 5.39. The number of hydrogen-bond donors (Lipinski definition) is 1. The van der Waals surface area contributed by atoms with E-state index in [1.54, 1.807) is 17.4 Å². The Kier molecular flexibility index (Phi) is 5.90. The first-order valence-electron chi connectivity index (χ1n) is 7.16. The maximum Gasteiger partial charge on any atom is 0.125 e. The lowest BCUT2D eigenvalue weighted by Crippen LogP contribution is -2.12. The lowest BCUT2D eigenvalue weighted by atomic mass is 10.1. The molecule has 1 N–H and O–H groups in total. The highest BCUT2D eigenvalue weighted by Crippen LogP contribution is 2.34. The molecular weight excluding hydrogens is 351 g/mol. The van der Waals surface area contributed by atoms with Crippen LogP contribution in [0.2, 0.25) is 0 Å². The highest BCUT2D eigenvalue weighted by atomic mass is 79.9. The van der Waals surface area contributed by atoms with Crippen LogP contribution >= 0.6 is 27.3 Å². The Morgan fingerprint density at radius 1 is 1.38 bits per heavy atom. The van der Waals surface area contributed by atoms with Crippen molar-refractivity contribution in [2.75, 3.05) is 6.54 Å². The Bertz CT molecular complexity index is 610. The fraction of sp³-hybridized carbons (Fsp3) is 0.438. The van der Waals surface area contributed by atoms with Gasteiger partial charge in [-0.15, -0.1) is 11.3 Å². The maximum atomic E-state index is 13.2. The highest BCUT2D eigenvalue weighted by Gasteiger charge is 2.15. The van der Waals surface area contributed by atoms with E-state index in [2.05, 4.69) is 42.0 Å². The van der Waals surface area contributed by atoms with Gasteiger partial charge in [-0.1, -0.05) is 20.8 Å². The SMILES string of the molecule is CCNCc1sc(-c2ccc(F)cc2Br)nc1CC(C)C. The van der Waals surface area contributed by atoms with Gasteiger partial charge in [-0.05, 0) is 53.0 Å². The number of aromatic nitrogens is 1. The summed E-state index contributed by atoms with van der Waals surface area (Å²) < 4.78 is 14.0. The van der Waals surface area contributed by atoms with Gasteiger partial charge in [0.1, 0.15) is 10.8 Å². The molecule has 2 aromatic rings. The second-order valence-corrected chi connectivity index (χ2v) is 7.33. The molecule has 0 saturated heterocycles. The van der Waals surface area contributed by atoms with Crippen molar-refractivity contribution in [3.8, 4) is 10.6 Å². The van der Waals surface area contributed by atoms with Crippen molar-refractivity contribution >= 4 is 27.3 Å². The fourth-order valence-corrected chi connectivity index (χ4v) is 3.85. The van der Waals surface area contributed by atoms with Gasteiger partial charge in [-0.25, -0.2) is 9.37 Å². The summed E-state index contributed by atoms with van der Waals surface area (Å²) in [7, 11) is 0. The van der Waals surface area contributed by atoms with Gasteiger partial charge in [0.2, 0.25) is 0 Å². The molecular formula is C16H20BrFN2S. The van der Waals surface area contributed by atoms with Crippen molar-refractivity contribution in [1.82, 2.24) is 10.3 Å². The molecule has 0 radical (unpaired) electrons. The van der Waals surface area contributed by atoms with Crippen LogP contribution in [0.1, 0.15) is 31.3 Å². The lowest BCUT2D eigenvalue weighted by molar-refractivity contribution is 0.626. The van der Waals surface area contributed by atoms with Crippen molar-refractivity contribution in [2.45, 2.75) is 33.7 Å². The predicted octanol–water partition coefficient (Wildman–Crippen LogP) is 5.02. The van der Waals surface area contributed by atoms with E-state index in [0.717, 1.165) is 40.2 Å². The molecule has 1 aromatic heterocycles. The number of benzene rings is 1. The van der Waals surface area contributed by atoms with Gasteiger partial charge in [0, 0.05) is 21.5 Å². The molecule has 0 atom stereocenters. The van der Waals surface area contributed by atoms with E-state index >= 15 is 0 Å². The van der Waals surface area contributed by atoms with Crippen LogP contribution in [0.15, 0.2) is 22.7 Å². The summed E-state index contributed by atoms with van der Waals surface area (Å²) in [4.78, 5) is 6.06. The summed E-state index contributed by atoms with van der Waals surface area (Å²) in [5.41, 5.74) is 2.11. The Labute approximate surface area is 137 Å². The summed E-state index contributed by atoms with van der Waals surface area (Å²) in [5.74, 6) is 0.328. The first kappa shape index (κ1) is 16.6. The Balaban J connectivity index is 2.37. The van der Waals surface area contributed by atoms with Crippen molar-refractivity contribution in [1.29, 1.82) is 0 Å². The number of rotatable bonds is 6. The number of nitrogens with one attached hydrogen (secondary N) is 1. The molecule has 0 aliphatic heterocycles. The zero-order chi connectivity index (χ0) is 15.4. The van der Waals surface area contributed by atoms with Crippen LogP contribution in [0.3, 0.4) is 0 Å². The summed E-state index contributed by atoms with van der Waals surface area (Å²) in [6.07, 6.45) is 0.968. The van der Waals surface area contributed by atoms with Crippen LogP contribution in [0.25, 0.3) is 10.6 Å². The normalized spacial score (nSPS) is 11.3. The number of halogens is 2. The lowest BCUT2D eigenvalue weighted by Gasteiger charge is -2.04. The van der Waals surface area contributed by atoms with Crippen molar-refractivity contribution in [2.24, 2.45) is 5.92 Å². The number of thiazole rings is 1. The standard InChI is InChI=1S/C16H20BrFN2S/c1-4-19-9-15-14(7-10(2)3)20-16(21-15)12-6-5-11(18)8-13(12)17/h5-6,8,10,19H,4,7,9H2,1-3H3. The molecule has 1 aromatic carbocycles. The van der Waals surface area contributed by atoms with Crippen LogP contribution in [-0.2, 0) is 13.0 Å². The van der Waals surface area contributed by atoms with E-state index in [4.69, 9.17) is 4.98 Å². The topological polar surface area (TPSA) is 24.9 Å². The Morgan fingerprint density at radius 3 is 2.76 bits per heavy atom. The van der Waals surface area contributed by atoms with Gasteiger partial charge in [-0.2, -0.15) is 0 Å². The van der Waals surface area contributed by atoms with Gasteiger partial charge in [-0.3, -0.25) is 0 Å². The van der Waals surface area contributed by atoms with Crippen LogP contribution < -0.4 is 5.32 Å². The van der Waals surface area contributed by atoms with Gasteiger partial charge >= 0.3 is 0 Å². The molecule has 5 heteroatoms. The third-order valence-electron chi connectivity index (χ3n) is 3.08. The first-order valence-corrected chi connectivity index (χ1v) is 8.77. The Morgan fingerprint density at radius 2 is 2.14 bits per heavy atom. The van der Waals surface area contributed by atoms with Crippen molar-refractivity contribution in [3.63, 3.8) is 0 Å². The quantitative estimate of drug-likeness (QED) is 0.771. The van der Waals surface area contributed by atoms with Crippen LogP contribution in [0.4, 0.5) is 4.39 Å². The molecule has 2 rings (SSSR count). The fourth-order valence-electron chi connectivity index (χ4n) is 2.08. The monoisotopic (exact) mass is 370 g/mol. The van der Waals surface area contributed by atoms with Crippen molar-refractivity contribution < 1.29 is 4.39 Å². The molecule has 1 heterocycles. The molecule has 21 heavy (non-hydrogen) atoms. The van der Waals surface area contributed by atoms with Gasteiger partial charge in [0.05, 0.1) is 5.69 Å². The molecule has 114 valence electrons. The highest BCUT2D eigenvalue weighted by molar-refractivity contribution is 9.10. The van der Waals surface area contributed by atoms with Crippen LogP contribution in [-0.4, -0.2) is 11.5 Å². The van der Waals surface area contributed by atoms with E-state index < -0.39 is 0 Å². The summed E-state index contributed by atoms with van der Waals surface area (Å²) >= 11 is 5.12. The minimum atomic E-state index is -0.238. The van der Waals surface area contributed by atoms with E-state index in [1.807, 2.05) is 0 Å². The average Bonchev–Trinajstić information content (AvgIpc) is 2.78. The number of nitrogens with zero attached hydrogens (tertiary/aromatic N) is 1. The minimum absolute atomic E-state index is 0.238. The molecule has 0 bridgehead atoms. The van der Waals surface area contributed by atoms with Gasteiger partial charge < -0.3 is 5.32 Å². The zero-order valence-corrected chi connectivity index (χ0v) is 14.9. The smallest absolute Gasteiger partial charge is 0.125 e. The molecule has 2 nitrogen and oxygen atoms in total. The first-order chi connectivity index (χ1) is 10.0. The van der Waals surface area contributed by atoms with E-state index in [1.165, 1.54) is 17.0 Å². The van der Waals surface area contributed by atoms with E-state index in [-0.39, 0.29) is 5.82 Å². The van der Waals surface area contributed by atoms with Gasteiger partial charge in [0.25, 0.3) is 0 Å². The molecule has 0 saturated carbocycles. The van der Waals surface area contributed by atoms with Crippen LogP contribution in [0.5, 0.6) is 0 Å². The predicted molar refractivity (Wildman–Crippen MR) is 91.1 cm³/mol. The summed E-state index contributed by atoms with van der Waals surface area (Å²) in [6, 6.07) is 4.75. The van der Waals surface area contributed by atoms with E-state index in [9.17, 15) is 4.39 Å². The molecule has 0 aliphatic rings. The number of hydrogen-bond acceptors (Lipinski definition) is 3. The third-order valence-corrected chi connectivity index (χ3v) is 4.86. The zero-order valence-electron chi connectivity index (χ0n) is 12.5. The van der Waals surface area contributed by atoms with Gasteiger partial charge in [0.15, 0.2) is 0 Å². The van der Waals surface area contributed by atoms with Crippen LogP contribution in [0, 0.1) is 11.7 Å². The average molecular weight is 371 g/mol. The maximum absolute atomic E-state index is 13.2. The summed E-state index contributed by atoms with van der Waals surface area (Å²) in [6.45, 7) is 8.28. The van der Waals surface area contributed by atoms with E-state index in [0.29, 0.717) is 5.92 Å². The van der Waals surface area contributed by atoms with Crippen molar-refractivity contribution in [3.05, 3.63) is 39.1 Å². The molecule has 0 unspecified atom stereocenters. The molecule has 0 aliphatic carbocycles. The Hall–Kier alpha value is -0.780. The summed E-state index contributed by atoms with van der Waals surface area (Å²) in [5, 5.41) is 4.31. The largest absolute Gasteiger partial charge is 0.312 e.